The first-order valence-corrected chi connectivity index (χ1v) is 7.45. The van der Waals surface area contributed by atoms with Crippen molar-refractivity contribution < 1.29 is 0 Å². The van der Waals surface area contributed by atoms with Crippen LogP contribution in [-0.2, 0) is 6.54 Å². The van der Waals surface area contributed by atoms with E-state index in [2.05, 4.69) is 47.7 Å². The van der Waals surface area contributed by atoms with Crippen molar-refractivity contribution in [2.45, 2.75) is 51.7 Å². The average molecular weight is 264 g/mol. The molecule has 0 amide bonds. The van der Waals surface area contributed by atoms with Gasteiger partial charge in [0.05, 0.1) is 12.0 Å². The lowest BCUT2D eigenvalue weighted by molar-refractivity contribution is 0.283. The molecule has 1 fully saturated rings. The summed E-state index contributed by atoms with van der Waals surface area (Å²) in [5.74, 6) is 0.705. The normalized spacial score (nSPS) is 17.4. The molecule has 19 heavy (non-hydrogen) atoms. The molecule has 1 unspecified atom stereocenters. The molecule has 4 nitrogen and oxygen atoms in total. The number of likely N-dealkylation sites (N-methyl/N-ethyl adjacent to an activating group) is 1. The first-order chi connectivity index (χ1) is 9.06. The van der Waals surface area contributed by atoms with E-state index in [0.29, 0.717) is 12.0 Å². The van der Waals surface area contributed by atoms with Crippen LogP contribution in [0.15, 0.2) is 12.5 Å². The maximum Gasteiger partial charge on any atom is 0.0951 e. The van der Waals surface area contributed by atoms with E-state index < -0.39 is 0 Å². The number of rotatable bonds is 8. The monoisotopic (exact) mass is 264 g/mol. The van der Waals surface area contributed by atoms with Crippen LogP contribution in [0.1, 0.15) is 44.8 Å². The van der Waals surface area contributed by atoms with Gasteiger partial charge in [0.25, 0.3) is 0 Å². The van der Waals surface area contributed by atoms with Crippen LogP contribution in [-0.4, -0.2) is 41.1 Å². The van der Waals surface area contributed by atoms with Crippen molar-refractivity contribution in [1.29, 1.82) is 0 Å². The number of hydrogen-bond acceptors (Lipinski definition) is 3. The van der Waals surface area contributed by atoms with Crippen molar-refractivity contribution >= 4 is 0 Å². The second-order valence-electron chi connectivity index (χ2n) is 6.49. The minimum Gasteiger partial charge on any atom is -0.329 e. The molecule has 2 rings (SSSR count). The second-order valence-corrected chi connectivity index (χ2v) is 6.49. The first kappa shape index (κ1) is 14.5. The Labute approximate surface area is 117 Å². The Hall–Kier alpha value is -0.870. The van der Waals surface area contributed by atoms with Crippen molar-refractivity contribution in [2.75, 3.05) is 20.6 Å². The van der Waals surface area contributed by atoms with Gasteiger partial charge in [0.15, 0.2) is 0 Å². The van der Waals surface area contributed by atoms with Gasteiger partial charge in [0, 0.05) is 31.4 Å². The predicted octanol–water partition coefficient (Wildman–Crippen LogP) is 2.28. The Kier molecular flexibility index (Phi) is 4.99. The first-order valence-electron chi connectivity index (χ1n) is 7.45. The molecule has 0 radical (unpaired) electrons. The summed E-state index contributed by atoms with van der Waals surface area (Å²) in [6.07, 6.45) is 7.88. The summed E-state index contributed by atoms with van der Waals surface area (Å²) in [6.45, 7) is 6.61. The molecule has 1 aromatic rings. The highest BCUT2D eigenvalue weighted by Gasteiger charge is 2.22. The highest BCUT2D eigenvalue weighted by Crippen LogP contribution is 2.22. The third kappa shape index (κ3) is 4.62. The molecule has 1 saturated carbocycles. The van der Waals surface area contributed by atoms with Crippen molar-refractivity contribution in [3.8, 4) is 0 Å². The number of imidazole rings is 1. The number of nitrogens with zero attached hydrogens (tertiary/aromatic N) is 3. The lowest BCUT2D eigenvalue weighted by Gasteiger charge is -2.26. The number of aromatic nitrogens is 2. The van der Waals surface area contributed by atoms with E-state index in [1.54, 1.807) is 0 Å². The smallest absolute Gasteiger partial charge is 0.0951 e. The fraction of sp³-hybridized carbons (Fsp3) is 0.800. The number of nitrogens with one attached hydrogen (secondary N) is 1. The maximum absolute atomic E-state index is 4.36. The highest BCUT2D eigenvalue weighted by atomic mass is 15.2. The SMILES string of the molecule is CC(C)CC(CN(C)C)n1cncc1CNC1CC1. The molecule has 108 valence electrons. The molecule has 0 spiro atoms. The van der Waals surface area contributed by atoms with Crippen LogP contribution in [0.4, 0.5) is 0 Å². The third-order valence-corrected chi connectivity index (χ3v) is 3.61. The van der Waals surface area contributed by atoms with E-state index in [9.17, 15) is 0 Å². The van der Waals surface area contributed by atoms with Gasteiger partial charge >= 0.3 is 0 Å². The van der Waals surface area contributed by atoms with Crippen LogP contribution >= 0.6 is 0 Å². The minimum absolute atomic E-state index is 0.522. The molecule has 1 heterocycles. The molecular weight excluding hydrogens is 236 g/mol. The van der Waals surface area contributed by atoms with Gasteiger partial charge in [0.1, 0.15) is 0 Å². The van der Waals surface area contributed by atoms with Gasteiger partial charge in [0.2, 0.25) is 0 Å². The van der Waals surface area contributed by atoms with E-state index >= 15 is 0 Å². The van der Waals surface area contributed by atoms with Crippen molar-refractivity contribution in [3.63, 3.8) is 0 Å². The van der Waals surface area contributed by atoms with E-state index in [1.807, 2.05) is 12.5 Å². The summed E-state index contributed by atoms with van der Waals surface area (Å²) >= 11 is 0. The predicted molar refractivity (Wildman–Crippen MR) is 79.1 cm³/mol. The van der Waals surface area contributed by atoms with Gasteiger partial charge < -0.3 is 14.8 Å². The standard InChI is InChI=1S/C15H28N4/c1-12(2)7-14(10-18(3)4)19-11-16-8-15(19)9-17-13-5-6-13/h8,11-14,17H,5-7,9-10H2,1-4H3. The summed E-state index contributed by atoms with van der Waals surface area (Å²) in [6, 6.07) is 1.27. The minimum atomic E-state index is 0.522. The zero-order valence-corrected chi connectivity index (χ0v) is 12.8. The van der Waals surface area contributed by atoms with Crippen molar-refractivity contribution in [1.82, 2.24) is 19.8 Å². The second kappa shape index (κ2) is 6.53. The van der Waals surface area contributed by atoms with Gasteiger partial charge in [-0.2, -0.15) is 0 Å². The molecule has 0 saturated heterocycles. The summed E-state index contributed by atoms with van der Waals surface area (Å²) < 4.78 is 2.37. The van der Waals surface area contributed by atoms with Crippen LogP contribution in [0.2, 0.25) is 0 Å². The van der Waals surface area contributed by atoms with Gasteiger partial charge in [-0.3, -0.25) is 0 Å². The molecule has 0 aliphatic heterocycles. The summed E-state index contributed by atoms with van der Waals surface area (Å²) in [7, 11) is 4.29. The Bertz CT molecular complexity index is 369. The van der Waals surface area contributed by atoms with E-state index in [0.717, 1.165) is 19.1 Å². The molecule has 1 aliphatic carbocycles. The van der Waals surface area contributed by atoms with Gasteiger partial charge in [-0.05, 0) is 39.3 Å². The lowest BCUT2D eigenvalue weighted by atomic mass is 10.0. The molecule has 4 heteroatoms. The molecule has 1 aliphatic rings. The van der Waals surface area contributed by atoms with Crippen LogP contribution in [0.3, 0.4) is 0 Å². The van der Waals surface area contributed by atoms with Gasteiger partial charge in [-0.15, -0.1) is 0 Å². The zero-order chi connectivity index (χ0) is 13.8. The molecule has 0 aromatic carbocycles. The summed E-state index contributed by atoms with van der Waals surface area (Å²) in [4.78, 5) is 6.63. The molecule has 1 atom stereocenters. The summed E-state index contributed by atoms with van der Waals surface area (Å²) in [5.41, 5.74) is 1.32. The van der Waals surface area contributed by atoms with Gasteiger partial charge in [-0.1, -0.05) is 13.8 Å². The zero-order valence-electron chi connectivity index (χ0n) is 12.8. The van der Waals surface area contributed by atoms with E-state index in [-0.39, 0.29) is 0 Å². The van der Waals surface area contributed by atoms with Crippen LogP contribution in [0.25, 0.3) is 0 Å². The molecule has 1 aromatic heterocycles. The van der Waals surface area contributed by atoms with Crippen LogP contribution in [0.5, 0.6) is 0 Å². The Morgan fingerprint density at radius 1 is 1.42 bits per heavy atom. The van der Waals surface area contributed by atoms with Crippen LogP contribution < -0.4 is 5.32 Å². The third-order valence-electron chi connectivity index (χ3n) is 3.61. The molecule has 0 bridgehead atoms. The number of hydrogen-bond donors (Lipinski definition) is 1. The Morgan fingerprint density at radius 2 is 2.16 bits per heavy atom. The average Bonchev–Trinajstić information content (AvgIpc) is 3.01. The fourth-order valence-electron chi connectivity index (χ4n) is 2.58. The van der Waals surface area contributed by atoms with E-state index in [4.69, 9.17) is 0 Å². The highest BCUT2D eigenvalue weighted by molar-refractivity contribution is 5.02. The van der Waals surface area contributed by atoms with Crippen molar-refractivity contribution in [3.05, 3.63) is 18.2 Å². The largest absolute Gasteiger partial charge is 0.329 e. The van der Waals surface area contributed by atoms with E-state index in [1.165, 1.54) is 25.0 Å². The fourth-order valence-corrected chi connectivity index (χ4v) is 2.58. The van der Waals surface area contributed by atoms with Gasteiger partial charge in [-0.25, -0.2) is 4.98 Å². The lowest BCUT2D eigenvalue weighted by Crippen LogP contribution is -2.28. The molecular formula is C15H28N4. The summed E-state index contributed by atoms with van der Waals surface area (Å²) in [5, 5.41) is 3.59. The molecule has 1 N–H and O–H groups in total. The topological polar surface area (TPSA) is 33.1 Å². The van der Waals surface area contributed by atoms with Crippen molar-refractivity contribution in [2.24, 2.45) is 5.92 Å². The maximum atomic E-state index is 4.36. The van der Waals surface area contributed by atoms with Crippen LogP contribution in [0, 0.1) is 5.92 Å². The Morgan fingerprint density at radius 3 is 2.74 bits per heavy atom. The Balaban J connectivity index is 2.03. The quantitative estimate of drug-likeness (QED) is 0.782.